The first-order valence-corrected chi connectivity index (χ1v) is 4.71. The Balaban J connectivity index is 2.65. The lowest BCUT2D eigenvalue weighted by Gasteiger charge is -2.05. The first-order valence-electron chi connectivity index (χ1n) is 4.33. The smallest absolute Gasteiger partial charge is 0.251 e. The molecular weight excluding hydrogens is 218 g/mol. The Morgan fingerprint density at radius 1 is 1.67 bits per heavy atom. The van der Waals surface area contributed by atoms with Gasteiger partial charge in [-0.3, -0.25) is 4.79 Å². The Kier molecular flexibility index (Phi) is 4.33. The first-order chi connectivity index (χ1) is 7.13. The second kappa shape index (κ2) is 5.53. The van der Waals surface area contributed by atoms with E-state index in [0.29, 0.717) is 18.7 Å². The average molecular weight is 230 g/mol. The van der Waals surface area contributed by atoms with E-state index in [0.717, 1.165) is 0 Å². The van der Waals surface area contributed by atoms with Gasteiger partial charge < -0.3 is 15.8 Å². The molecule has 0 radical (unpaired) electrons. The summed E-state index contributed by atoms with van der Waals surface area (Å²) in [6, 6.07) is 2.92. The summed E-state index contributed by atoms with van der Waals surface area (Å²) in [7, 11) is 1.56. The fourth-order valence-electron chi connectivity index (χ4n) is 1.02. The maximum atomic E-state index is 11.5. The van der Waals surface area contributed by atoms with Gasteiger partial charge in [0.2, 0.25) is 0 Å². The second-order valence-corrected chi connectivity index (χ2v) is 3.24. The third kappa shape index (κ3) is 3.73. The summed E-state index contributed by atoms with van der Waals surface area (Å²) < 4.78 is 4.80. The number of nitrogens with one attached hydrogen (secondary N) is 1. The van der Waals surface area contributed by atoms with Crippen LogP contribution >= 0.6 is 11.6 Å². The molecular formula is C9H12ClN3O2. The Bertz CT molecular complexity index is 337. The van der Waals surface area contributed by atoms with E-state index in [9.17, 15) is 4.79 Å². The maximum absolute atomic E-state index is 11.5. The van der Waals surface area contributed by atoms with E-state index >= 15 is 0 Å². The number of halogens is 1. The number of ether oxygens (including phenoxy) is 1. The zero-order valence-corrected chi connectivity index (χ0v) is 9.04. The maximum Gasteiger partial charge on any atom is 0.251 e. The molecule has 3 N–H and O–H groups in total. The SMILES string of the molecule is COCCNC(=O)c1cc(N)nc(Cl)c1. The molecule has 0 aliphatic rings. The van der Waals surface area contributed by atoms with Gasteiger partial charge in [0, 0.05) is 19.2 Å². The van der Waals surface area contributed by atoms with Gasteiger partial charge in [-0.15, -0.1) is 0 Å². The van der Waals surface area contributed by atoms with Crippen LogP contribution in [0.1, 0.15) is 10.4 Å². The molecule has 82 valence electrons. The van der Waals surface area contributed by atoms with E-state index in [1.165, 1.54) is 12.1 Å². The topological polar surface area (TPSA) is 77.2 Å². The molecule has 0 aliphatic carbocycles. The van der Waals surface area contributed by atoms with E-state index in [2.05, 4.69) is 10.3 Å². The quantitative estimate of drug-likeness (QED) is 0.588. The van der Waals surface area contributed by atoms with Crippen LogP contribution in [-0.2, 0) is 4.74 Å². The second-order valence-electron chi connectivity index (χ2n) is 2.85. The van der Waals surface area contributed by atoms with Gasteiger partial charge in [0.1, 0.15) is 11.0 Å². The number of anilines is 1. The van der Waals surface area contributed by atoms with Gasteiger partial charge in [-0.2, -0.15) is 0 Å². The minimum Gasteiger partial charge on any atom is -0.384 e. The molecule has 6 heteroatoms. The van der Waals surface area contributed by atoms with Gasteiger partial charge in [-0.25, -0.2) is 4.98 Å². The minimum absolute atomic E-state index is 0.201. The molecule has 1 aromatic heterocycles. The number of amides is 1. The number of carbonyl (C=O) groups is 1. The number of nitrogens with zero attached hydrogens (tertiary/aromatic N) is 1. The van der Waals surface area contributed by atoms with Gasteiger partial charge in [0.15, 0.2) is 0 Å². The van der Waals surface area contributed by atoms with Crippen molar-refractivity contribution in [2.24, 2.45) is 0 Å². The van der Waals surface area contributed by atoms with Gasteiger partial charge in [0.25, 0.3) is 5.91 Å². The summed E-state index contributed by atoms with van der Waals surface area (Å²) >= 11 is 5.66. The highest BCUT2D eigenvalue weighted by molar-refractivity contribution is 6.29. The third-order valence-electron chi connectivity index (χ3n) is 1.67. The number of methoxy groups -OCH3 is 1. The van der Waals surface area contributed by atoms with Crippen LogP contribution in [-0.4, -0.2) is 31.2 Å². The van der Waals surface area contributed by atoms with Crippen molar-refractivity contribution in [3.05, 3.63) is 22.8 Å². The number of hydrogen-bond acceptors (Lipinski definition) is 4. The first kappa shape index (κ1) is 11.7. The molecule has 1 rings (SSSR count). The molecule has 0 aromatic carbocycles. The van der Waals surface area contributed by atoms with Gasteiger partial charge in [-0.1, -0.05) is 11.6 Å². The summed E-state index contributed by atoms with van der Waals surface area (Å²) in [6.45, 7) is 0.898. The fourth-order valence-corrected chi connectivity index (χ4v) is 1.23. The highest BCUT2D eigenvalue weighted by atomic mass is 35.5. The normalized spacial score (nSPS) is 10.0. The van der Waals surface area contributed by atoms with Crippen molar-refractivity contribution in [2.75, 3.05) is 26.0 Å². The number of aromatic nitrogens is 1. The molecule has 1 amide bonds. The number of nitrogen functional groups attached to an aromatic ring is 1. The molecule has 15 heavy (non-hydrogen) atoms. The summed E-state index contributed by atoms with van der Waals surface area (Å²) in [4.78, 5) is 15.3. The Morgan fingerprint density at radius 2 is 2.40 bits per heavy atom. The van der Waals surface area contributed by atoms with Crippen molar-refractivity contribution in [3.8, 4) is 0 Å². The van der Waals surface area contributed by atoms with Gasteiger partial charge >= 0.3 is 0 Å². The van der Waals surface area contributed by atoms with Crippen molar-refractivity contribution in [1.82, 2.24) is 10.3 Å². The number of hydrogen-bond donors (Lipinski definition) is 2. The van der Waals surface area contributed by atoms with Crippen molar-refractivity contribution in [2.45, 2.75) is 0 Å². The monoisotopic (exact) mass is 229 g/mol. The van der Waals surface area contributed by atoms with Crippen LogP contribution in [0.5, 0.6) is 0 Å². The summed E-state index contributed by atoms with van der Waals surface area (Å²) in [5.41, 5.74) is 5.84. The molecule has 0 saturated carbocycles. The van der Waals surface area contributed by atoms with Crippen LogP contribution in [0.4, 0.5) is 5.82 Å². The molecule has 0 bridgehead atoms. The van der Waals surface area contributed by atoms with E-state index < -0.39 is 0 Å². The predicted octanol–water partition coefficient (Wildman–Crippen LogP) is 0.693. The van der Waals surface area contributed by atoms with Crippen LogP contribution in [0.3, 0.4) is 0 Å². The van der Waals surface area contributed by atoms with E-state index in [1.807, 2.05) is 0 Å². The van der Waals surface area contributed by atoms with Crippen LogP contribution in [0.15, 0.2) is 12.1 Å². The molecule has 0 fully saturated rings. The zero-order chi connectivity index (χ0) is 11.3. The van der Waals surface area contributed by atoms with Gasteiger partial charge in [-0.05, 0) is 12.1 Å². The van der Waals surface area contributed by atoms with Crippen molar-refractivity contribution >= 4 is 23.3 Å². The van der Waals surface area contributed by atoms with Crippen LogP contribution in [0.25, 0.3) is 0 Å². The van der Waals surface area contributed by atoms with E-state index in [4.69, 9.17) is 22.1 Å². The predicted molar refractivity (Wildman–Crippen MR) is 57.9 cm³/mol. The van der Waals surface area contributed by atoms with Crippen LogP contribution in [0, 0.1) is 0 Å². The third-order valence-corrected chi connectivity index (χ3v) is 1.86. The molecule has 1 heterocycles. The van der Waals surface area contributed by atoms with Crippen LogP contribution in [0.2, 0.25) is 5.15 Å². The highest BCUT2D eigenvalue weighted by Gasteiger charge is 2.07. The summed E-state index contributed by atoms with van der Waals surface area (Å²) in [5.74, 6) is -0.0255. The Hall–Kier alpha value is -1.33. The lowest BCUT2D eigenvalue weighted by atomic mass is 10.2. The fraction of sp³-hybridized carbons (Fsp3) is 0.333. The highest BCUT2D eigenvalue weighted by Crippen LogP contribution is 2.11. The molecule has 1 aromatic rings. The largest absolute Gasteiger partial charge is 0.384 e. The van der Waals surface area contributed by atoms with Crippen LogP contribution < -0.4 is 11.1 Å². The molecule has 0 spiro atoms. The zero-order valence-electron chi connectivity index (χ0n) is 8.29. The number of rotatable bonds is 4. The molecule has 0 saturated heterocycles. The average Bonchev–Trinajstić information content (AvgIpc) is 2.16. The van der Waals surface area contributed by atoms with Crippen molar-refractivity contribution < 1.29 is 9.53 Å². The Labute approximate surface area is 92.6 Å². The van der Waals surface area contributed by atoms with Crippen molar-refractivity contribution in [1.29, 1.82) is 0 Å². The number of carbonyl (C=O) groups excluding carboxylic acids is 1. The lowest BCUT2D eigenvalue weighted by molar-refractivity contribution is 0.0937. The summed E-state index contributed by atoms with van der Waals surface area (Å²) in [5, 5.41) is 2.85. The number of nitrogens with two attached hydrogens (primary N) is 1. The van der Waals surface area contributed by atoms with E-state index in [-0.39, 0.29) is 16.9 Å². The standard InChI is InChI=1S/C9H12ClN3O2/c1-15-3-2-12-9(14)6-4-7(10)13-8(11)5-6/h4-5H,2-3H2,1H3,(H2,11,13)(H,12,14). The van der Waals surface area contributed by atoms with E-state index in [1.54, 1.807) is 7.11 Å². The molecule has 5 nitrogen and oxygen atoms in total. The minimum atomic E-state index is -0.247. The molecule has 0 atom stereocenters. The lowest BCUT2D eigenvalue weighted by Crippen LogP contribution is -2.27. The number of pyridine rings is 1. The molecule has 0 unspecified atom stereocenters. The molecule has 0 aliphatic heterocycles. The Morgan fingerprint density at radius 3 is 3.00 bits per heavy atom. The van der Waals surface area contributed by atoms with Gasteiger partial charge in [0.05, 0.1) is 6.61 Å². The van der Waals surface area contributed by atoms with Crippen molar-refractivity contribution in [3.63, 3.8) is 0 Å². The summed E-state index contributed by atoms with van der Waals surface area (Å²) in [6.07, 6.45) is 0.